The van der Waals surface area contributed by atoms with Crippen LogP contribution in [0, 0.1) is 12.8 Å². The van der Waals surface area contributed by atoms with Crippen LogP contribution in [-0.4, -0.2) is 19.4 Å². The molecule has 0 amide bonds. The summed E-state index contributed by atoms with van der Waals surface area (Å²) in [5, 5.41) is 0. The highest BCUT2D eigenvalue weighted by Crippen LogP contribution is 2.81. The summed E-state index contributed by atoms with van der Waals surface area (Å²) in [6.07, 6.45) is 1.84. The van der Waals surface area contributed by atoms with Gasteiger partial charge >= 0.3 is 21.1 Å². The molecular formula is C14H12F6O3S2. The Kier molecular flexibility index (Phi) is 4.01. The number of halogens is 6. The second kappa shape index (κ2) is 5.40. The van der Waals surface area contributed by atoms with Crippen LogP contribution in [0.3, 0.4) is 0 Å². The number of fused-ring (bicyclic) bond motifs is 1. The van der Waals surface area contributed by atoms with Crippen molar-refractivity contribution in [1.82, 2.24) is 0 Å². The van der Waals surface area contributed by atoms with Crippen molar-refractivity contribution in [3.63, 3.8) is 0 Å². The van der Waals surface area contributed by atoms with E-state index in [0.717, 1.165) is 12.1 Å². The molecule has 0 bridgehead atoms. The third-order valence-corrected chi connectivity index (χ3v) is 8.84. The van der Waals surface area contributed by atoms with Crippen LogP contribution in [0.5, 0.6) is 0 Å². The largest absolute Gasteiger partial charge is 0.523 e. The van der Waals surface area contributed by atoms with Gasteiger partial charge in [0.25, 0.3) is 0 Å². The molecule has 0 saturated heterocycles. The van der Waals surface area contributed by atoms with E-state index in [0.29, 0.717) is 18.4 Å². The van der Waals surface area contributed by atoms with Gasteiger partial charge in [-0.1, -0.05) is 12.1 Å². The van der Waals surface area contributed by atoms with Gasteiger partial charge in [0, 0.05) is 20.1 Å². The lowest BCUT2D eigenvalue weighted by molar-refractivity contribution is -0.0546. The summed E-state index contributed by atoms with van der Waals surface area (Å²) in [4.78, 5) is -0.952. The highest BCUT2D eigenvalue weighted by atomic mass is 32.3. The number of hydrogen-bond acceptors (Lipinski definition) is 3. The molecule has 1 fully saturated rings. The third kappa shape index (κ3) is 2.76. The van der Waals surface area contributed by atoms with Crippen molar-refractivity contribution >= 4 is 26.5 Å². The van der Waals surface area contributed by atoms with E-state index in [9.17, 15) is 34.8 Å². The van der Waals surface area contributed by atoms with Gasteiger partial charge in [0.15, 0.2) is 0 Å². The van der Waals surface area contributed by atoms with Crippen LogP contribution in [0.1, 0.15) is 24.0 Å². The number of allylic oxidation sites excluding steroid dienone is 1. The molecule has 11 heteroatoms. The van der Waals surface area contributed by atoms with Gasteiger partial charge in [-0.2, -0.15) is 38.4 Å². The van der Waals surface area contributed by atoms with Crippen LogP contribution in [-0.2, 0) is 13.7 Å². The summed E-state index contributed by atoms with van der Waals surface area (Å²) in [7, 11) is -11.3. The Bertz CT molecular complexity index is 852. The molecule has 0 spiro atoms. The van der Waals surface area contributed by atoms with E-state index in [1.54, 1.807) is 0 Å². The predicted octanol–water partition coefficient (Wildman–Crippen LogP) is 5.22. The second-order valence-electron chi connectivity index (χ2n) is 5.78. The minimum absolute atomic E-state index is 0.0779. The molecule has 1 aromatic carbocycles. The van der Waals surface area contributed by atoms with Crippen molar-refractivity contribution in [2.75, 3.05) is 0 Å². The Balaban J connectivity index is 2.29. The lowest BCUT2D eigenvalue weighted by Crippen LogP contribution is -2.32. The molecule has 1 aliphatic carbocycles. The van der Waals surface area contributed by atoms with Crippen LogP contribution < -0.4 is 0 Å². The lowest BCUT2D eigenvalue weighted by atomic mass is 10.1. The quantitative estimate of drug-likeness (QED) is 0.510. The maximum Gasteiger partial charge on any atom is 0.523 e. The zero-order valence-corrected chi connectivity index (χ0v) is 14.2. The van der Waals surface area contributed by atoms with E-state index in [1.165, 1.54) is 19.1 Å². The summed E-state index contributed by atoms with van der Waals surface area (Å²) in [6.45, 7) is 1.50. The third-order valence-electron chi connectivity index (χ3n) is 3.99. The first-order valence-electron chi connectivity index (χ1n) is 7.04. The number of rotatable bonds is 3. The van der Waals surface area contributed by atoms with E-state index >= 15 is 0 Å². The first kappa shape index (κ1) is 18.6. The number of alkyl halides is 6. The normalized spacial score (nSPS) is 26.8. The topological polar surface area (TPSA) is 43.4 Å². The summed E-state index contributed by atoms with van der Waals surface area (Å²) >= 11 is 0. The van der Waals surface area contributed by atoms with E-state index < -0.39 is 47.2 Å². The fourth-order valence-corrected chi connectivity index (χ4v) is 7.57. The molecule has 1 heterocycles. The fourth-order valence-electron chi connectivity index (χ4n) is 2.71. The number of aryl methyl sites for hydroxylation is 1. The summed E-state index contributed by atoms with van der Waals surface area (Å²) in [5.74, 6) is -0.633. The fraction of sp³-hybridized carbons (Fsp3) is 0.429. The summed E-state index contributed by atoms with van der Waals surface area (Å²) < 4.78 is 107. The summed E-state index contributed by atoms with van der Waals surface area (Å²) in [6, 6.07) is 3.74. The molecule has 2 aliphatic rings. The van der Waals surface area contributed by atoms with E-state index in [-0.39, 0.29) is 5.56 Å². The smallest absolute Gasteiger partial charge is 0.196 e. The Morgan fingerprint density at radius 1 is 1.12 bits per heavy atom. The molecule has 3 rings (SSSR count). The van der Waals surface area contributed by atoms with Crippen molar-refractivity contribution in [1.29, 1.82) is 0 Å². The Morgan fingerprint density at radius 3 is 2.20 bits per heavy atom. The highest BCUT2D eigenvalue weighted by Gasteiger charge is 2.65. The van der Waals surface area contributed by atoms with E-state index in [4.69, 9.17) is 0 Å². The molecule has 140 valence electrons. The van der Waals surface area contributed by atoms with Crippen molar-refractivity contribution in [3.8, 4) is 0 Å². The zero-order chi connectivity index (χ0) is 18.8. The minimum Gasteiger partial charge on any atom is -0.196 e. The molecule has 0 aromatic heterocycles. The standard InChI is InChI=1S/C14H12F6O3S2/c1-8-3-2-4-11-10(8)7-12(9-5-6-9)24(11,13(15,16)17)23-25(21,22)14(18,19)20/h2-4,7,9H,5-6H2,1H3. The van der Waals surface area contributed by atoms with Crippen molar-refractivity contribution in [2.45, 2.75) is 35.7 Å². The average Bonchev–Trinajstić information content (AvgIpc) is 3.21. The molecule has 1 atom stereocenters. The van der Waals surface area contributed by atoms with Gasteiger partial charge in [-0.05, 0) is 49.0 Å². The summed E-state index contributed by atoms with van der Waals surface area (Å²) in [5.41, 5.74) is -10.8. The van der Waals surface area contributed by atoms with E-state index in [1.807, 2.05) is 0 Å². The van der Waals surface area contributed by atoms with Crippen LogP contribution in [0.25, 0.3) is 6.08 Å². The molecule has 1 saturated carbocycles. The molecule has 1 aliphatic heterocycles. The number of hydrogen-bond donors (Lipinski definition) is 0. The van der Waals surface area contributed by atoms with Gasteiger partial charge < -0.3 is 0 Å². The van der Waals surface area contributed by atoms with Gasteiger partial charge in [0.05, 0.1) is 0 Å². The molecule has 1 unspecified atom stereocenters. The first-order valence-corrected chi connectivity index (χ1v) is 10.0. The van der Waals surface area contributed by atoms with E-state index in [2.05, 4.69) is 3.63 Å². The average molecular weight is 406 g/mol. The van der Waals surface area contributed by atoms with Crippen molar-refractivity contribution in [3.05, 3.63) is 34.2 Å². The van der Waals surface area contributed by atoms with Gasteiger partial charge in [0.2, 0.25) is 0 Å². The molecule has 3 nitrogen and oxygen atoms in total. The highest BCUT2D eigenvalue weighted by molar-refractivity contribution is 8.37. The van der Waals surface area contributed by atoms with Crippen molar-refractivity contribution < 1.29 is 38.4 Å². The molecule has 1 aromatic rings. The zero-order valence-electron chi connectivity index (χ0n) is 12.6. The number of benzene rings is 1. The maximum atomic E-state index is 14.0. The van der Waals surface area contributed by atoms with Crippen LogP contribution >= 0.6 is 10.3 Å². The maximum absolute atomic E-state index is 14.0. The second-order valence-corrected chi connectivity index (χ2v) is 10.2. The van der Waals surface area contributed by atoms with Gasteiger partial charge in [0.1, 0.15) is 0 Å². The van der Waals surface area contributed by atoms with Crippen LogP contribution in [0.15, 0.2) is 28.0 Å². The molecule has 25 heavy (non-hydrogen) atoms. The minimum atomic E-state index is -6.44. The Hall–Kier alpha value is -1.20. The lowest BCUT2D eigenvalue weighted by Gasteiger charge is -2.39. The van der Waals surface area contributed by atoms with Gasteiger partial charge in [-0.25, -0.2) is 0 Å². The Labute approximate surface area is 141 Å². The van der Waals surface area contributed by atoms with Crippen LogP contribution in [0.2, 0.25) is 0 Å². The van der Waals surface area contributed by atoms with Crippen LogP contribution in [0.4, 0.5) is 26.3 Å². The molecular weight excluding hydrogens is 394 g/mol. The molecule has 0 radical (unpaired) electrons. The monoisotopic (exact) mass is 406 g/mol. The van der Waals surface area contributed by atoms with Gasteiger partial charge in [-0.3, -0.25) is 0 Å². The first-order chi connectivity index (χ1) is 11.3. The molecule has 0 N–H and O–H groups in total. The van der Waals surface area contributed by atoms with Crippen molar-refractivity contribution in [2.24, 2.45) is 5.92 Å². The SMILES string of the molecule is Cc1cccc2c1C=C(C1CC1)S2(OS(=O)(=O)C(F)(F)F)C(F)(F)F. The van der Waals surface area contributed by atoms with Gasteiger partial charge in [-0.15, -0.1) is 0 Å². The Morgan fingerprint density at radius 2 is 1.72 bits per heavy atom. The predicted molar refractivity (Wildman–Crippen MR) is 79.9 cm³/mol.